The van der Waals surface area contributed by atoms with Crippen LogP contribution >= 0.6 is 11.6 Å². The Labute approximate surface area is 182 Å². The van der Waals surface area contributed by atoms with Gasteiger partial charge in [0.05, 0.1) is 17.5 Å². The molecule has 7 rings (SSSR count). The lowest BCUT2D eigenvalue weighted by atomic mass is 9.47. The molecule has 1 fully saturated rings. The molecule has 1 heterocycles. The van der Waals surface area contributed by atoms with Crippen LogP contribution in [0.25, 0.3) is 0 Å². The van der Waals surface area contributed by atoms with Gasteiger partial charge in [-0.25, -0.2) is 4.90 Å². The van der Waals surface area contributed by atoms with E-state index in [1.165, 1.54) is 0 Å². The lowest BCUT2D eigenvalue weighted by molar-refractivity contribution is -0.149. The van der Waals surface area contributed by atoms with E-state index >= 15 is 0 Å². The highest BCUT2D eigenvalue weighted by atomic mass is 35.5. The number of carbonyl (C=O) groups is 3. The molecular weight excluding hydrogens is 414 g/mol. The van der Waals surface area contributed by atoms with E-state index in [4.69, 9.17) is 11.6 Å². The molecule has 2 amide bonds. The number of rotatable bonds is 2. The topological polar surface area (TPSA) is 74.7 Å². The SMILES string of the molecule is O=C1[C@@H]2C3c4ccccc4C(C(=O)O)(c4ccccc43)[C@H]2C(=O)N1c1cccc(Cl)c1. The normalized spacial score (nSPS) is 27.6. The van der Waals surface area contributed by atoms with Crippen LogP contribution in [0.15, 0.2) is 72.8 Å². The second-order valence-corrected chi connectivity index (χ2v) is 8.70. The van der Waals surface area contributed by atoms with Gasteiger partial charge in [0.15, 0.2) is 0 Å². The van der Waals surface area contributed by atoms with Crippen LogP contribution in [0.5, 0.6) is 0 Å². The second kappa shape index (κ2) is 6.05. The number of imide groups is 1. The highest BCUT2D eigenvalue weighted by Gasteiger charge is 2.71. The smallest absolute Gasteiger partial charge is 0.319 e. The Morgan fingerprint density at radius 3 is 2.06 bits per heavy atom. The van der Waals surface area contributed by atoms with Crippen LogP contribution in [0.2, 0.25) is 5.02 Å². The zero-order valence-corrected chi connectivity index (χ0v) is 16.9. The van der Waals surface area contributed by atoms with Crippen LogP contribution in [0.4, 0.5) is 5.69 Å². The molecule has 1 aliphatic heterocycles. The van der Waals surface area contributed by atoms with Crippen molar-refractivity contribution in [3.8, 4) is 0 Å². The van der Waals surface area contributed by atoms with Crippen molar-refractivity contribution in [2.24, 2.45) is 11.8 Å². The molecule has 5 nitrogen and oxygen atoms in total. The third-order valence-corrected chi connectivity index (χ3v) is 7.26. The van der Waals surface area contributed by atoms with E-state index in [1.54, 1.807) is 48.5 Å². The Kier molecular flexibility index (Phi) is 3.58. The van der Waals surface area contributed by atoms with Gasteiger partial charge in [-0.05, 0) is 40.5 Å². The highest BCUT2D eigenvalue weighted by molar-refractivity contribution is 6.31. The highest BCUT2D eigenvalue weighted by Crippen LogP contribution is 2.64. The Hall–Kier alpha value is -3.44. The van der Waals surface area contributed by atoms with E-state index in [9.17, 15) is 19.5 Å². The number of aliphatic carboxylic acids is 1. The van der Waals surface area contributed by atoms with Gasteiger partial charge in [-0.1, -0.05) is 66.2 Å². The molecule has 0 aromatic heterocycles. The van der Waals surface area contributed by atoms with E-state index in [0.717, 1.165) is 16.0 Å². The number of anilines is 1. The van der Waals surface area contributed by atoms with Crippen molar-refractivity contribution in [2.75, 3.05) is 4.90 Å². The molecule has 6 heteroatoms. The van der Waals surface area contributed by atoms with Gasteiger partial charge in [-0.3, -0.25) is 14.4 Å². The number of nitrogens with zero attached hydrogens (tertiary/aromatic N) is 1. The second-order valence-electron chi connectivity index (χ2n) is 8.26. The Morgan fingerprint density at radius 1 is 0.871 bits per heavy atom. The molecule has 0 saturated carbocycles. The number of hydrogen-bond acceptors (Lipinski definition) is 3. The molecule has 0 radical (unpaired) electrons. The van der Waals surface area contributed by atoms with Gasteiger partial charge in [0, 0.05) is 10.9 Å². The van der Waals surface area contributed by atoms with Crippen LogP contribution in [-0.2, 0) is 19.8 Å². The quantitative estimate of drug-likeness (QED) is 0.625. The van der Waals surface area contributed by atoms with Crippen LogP contribution in [0, 0.1) is 11.8 Å². The first-order valence-corrected chi connectivity index (χ1v) is 10.4. The van der Waals surface area contributed by atoms with E-state index in [-0.39, 0.29) is 11.8 Å². The van der Waals surface area contributed by atoms with E-state index < -0.39 is 29.1 Å². The number of halogens is 1. The predicted octanol–water partition coefficient (Wildman–Crippen LogP) is 3.98. The predicted molar refractivity (Wildman–Crippen MR) is 114 cm³/mol. The largest absolute Gasteiger partial charge is 0.480 e. The molecule has 1 N–H and O–H groups in total. The van der Waals surface area contributed by atoms with Crippen LogP contribution in [-0.4, -0.2) is 22.9 Å². The summed E-state index contributed by atoms with van der Waals surface area (Å²) in [4.78, 5) is 41.7. The summed E-state index contributed by atoms with van der Waals surface area (Å²) in [5.41, 5.74) is 1.55. The summed E-state index contributed by atoms with van der Waals surface area (Å²) in [7, 11) is 0. The number of carbonyl (C=O) groups excluding carboxylic acids is 2. The summed E-state index contributed by atoms with van der Waals surface area (Å²) >= 11 is 6.12. The maximum absolute atomic E-state index is 13.8. The summed E-state index contributed by atoms with van der Waals surface area (Å²) in [6.45, 7) is 0. The third kappa shape index (κ3) is 2.04. The van der Waals surface area contributed by atoms with Crippen molar-refractivity contribution < 1.29 is 19.5 Å². The lowest BCUT2D eigenvalue weighted by Gasteiger charge is -2.51. The van der Waals surface area contributed by atoms with Crippen molar-refractivity contribution in [1.29, 1.82) is 0 Å². The molecular formula is C25H16ClNO4. The molecule has 2 atom stereocenters. The molecule has 0 spiro atoms. The molecule has 1 saturated heterocycles. The first kappa shape index (κ1) is 18.3. The first-order valence-electron chi connectivity index (χ1n) is 10.0. The fourth-order valence-electron chi connectivity index (χ4n) is 6.00. The summed E-state index contributed by atoms with van der Waals surface area (Å²) in [6, 6.07) is 21.1. The van der Waals surface area contributed by atoms with Crippen molar-refractivity contribution in [1.82, 2.24) is 0 Å². The van der Waals surface area contributed by atoms with Crippen molar-refractivity contribution >= 4 is 35.1 Å². The minimum Gasteiger partial charge on any atom is -0.480 e. The van der Waals surface area contributed by atoms with Gasteiger partial charge in [-0.2, -0.15) is 0 Å². The van der Waals surface area contributed by atoms with Gasteiger partial charge in [0.2, 0.25) is 11.8 Å². The number of carboxylic acid groups (broad SMARTS) is 1. The van der Waals surface area contributed by atoms with Crippen LogP contribution in [0.1, 0.15) is 28.2 Å². The Bertz CT molecular complexity index is 1270. The molecule has 3 aromatic carbocycles. The Morgan fingerprint density at radius 2 is 1.48 bits per heavy atom. The molecule has 31 heavy (non-hydrogen) atoms. The summed E-state index contributed by atoms with van der Waals surface area (Å²) in [5, 5.41) is 11.1. The minimum absolute atomic E-state index is 0.366. The van der Waals surface area contributed by atoms with E-state index in [0.29, 0.717) is 21.8 Å². The molecule has 3 aromatic rings. The monoisotopic (exact) mass is 429 g/mol. The zero-order chi connectivity index (χ0) is 21.5. The maximum atomic E-state index is 13.8. The Balaban J connectivity index is 1.68. The van der Waals surface area contributed by atoms with Gasteiger partial charge < -0.3 is 5.11 Å². The van der Waals surface area contributed by atoms with E-state index in [2.05, 4.69) is 0 Å². The molecule has 0 unspecified atom stereocenters. The molecule has 152 valence electrons. The minimum atomic E-state index is -1.62. The van der Waals surface area contributed by atoms with Gasteiger partial charge in [0.1, 0.15) is 5.41 Å². The van der Waals surface area contributed by atoms with Crippen molar-refractivity contribution in [3.05, 3.63) is 100 Å². The fraction of sp³-hybridized carbons (Fsp3) is 0.160. The van der Waals surface area contributed by atoms with Crippen molar-refractivity contribution in [2.45, 2.75) is 11.3 Å². The number of hydrogen-bond donors (Lipinski definition) is 1. The summed E-state index contributed by atoms with van der Waals surface area (Å²) in [5.74, 6) is -4.17. The standard InChI is InChI=1S/C25H16ClNO4/c26-13-6-5-7-14(12-13)27-22(28)20-19-15-8-1-3-10-17(15)25(24(30)31,21(20)23(27)29)18-11-4-2-9-16(18)19/h1-12,19-21H,(H,30,31)/t19?,20-,21-,25?/m1/s1. The lowest BCUT2D eigenvalue weighted by Crippen LogP contribution is -2.57. The van der Waals surface area contributed by atoms with Gasteiger partial charge in [-0.15, -0.1) is 0 Å². The zero-order valence-electron chi connectivity index (χ0n) is 16.2. The van der Waals surface area contributed by atoms with E-state index in [1.807, 2.05) is 24.3 Å². The van der Waals surface area contributed by atoms with Gasteiger partial charge >= 0.3 is 5.97 Å². The van der Waals surface area contributed by atoms with Crippen LogP contribution in [0.3, 0.4) is 0 Å². The first-order chi connectivity index (χ1) is 15.0. The number of amides is 2. The molecule has 3 aliphatic carbocycles. The van der Waals surface area contributed by atoms with Crippen LogP contribution < -0.4 is 4.90 Å². The fourth-order valence-corrected chi connectivity index (χ4v) is 6.19. The number of carboxylic acids is 1. The third-order valence-electron chi connectivity index (χ3n) is 7.02. The summed E-state index contributed by atoms with van der Waals surface area (Å²) in [6.07, 6.45) is 0. The molecule has 4 aliphatic rings. The summed E-state index contributed by atoms with van der Waals surface area (Å²) < 4.78 is 0. The van der Waals surface area contributed by atoms with Gasteiger partial charge in [0.25, 0.3) is 0 Å². The van der Waals surface area contributed by atoms with Crippen molar-refractivity contribution in [3.63, 3.8) is 0 Å². The average Bonchev–Trinajstić information content (AvgIpc) is 3.04. The molecule has 2 bridgehead atoms. The maximum Gasteiger partial charge on any atom is 0.319 e. The number of benzene rings is 3. The average molecular weight is 430 g/mol.